The fraction of sp³-hybridized carbons (Fsp3) is 0.231. The van der Waals surface area contributed by atoms with Gasteiger partial charge in [0.25, 0.3) is 0 Å². The summed E-state index contributed by atoms with van der Waals surface area (Å²) in [5.41, 5.74) is 2.96. The summed E-state index contributed by atoms with van der Waals surface area (Å²) < 4.78 is 12.1. The van der Waals surface area contributed by atoms with Gasteiger partial charge in [-0.25, -0.2) is 29.2 Å². The summed E-state index contributed by atoms with van der Waals surface area (Å²) in [5, 5.41) is 12.7. The molecule has 5 aromatic rings. The van der Waals surface area contributed by atoms with Gasteiger partial charge < -0.3 is 25.0 Å². The van der Waals surface area contributed by atoms with Gasteiger partial charge in [-0.3, -0.25) is 0 Å². The van der Waals surface area contributed by atoms with E-state index < -0.39 is 5.97 Å². The van der Waals surface area contributed by atoms with Crippen molar-refractivity contribution < 1.29 is 14.3 Å². The number of ether oxygens (including phenoxy) is 2. The van der Waals surface area contributed by atoms with E-state index in [1.54, 1.807) is 29.0 Å². The largest absolute Gasteiger partial charge is 0.465 e. The molecule has 0 spiro atoms. The van der Waals surface area contributed by atoms with E-state index in [0.29, 0.717) is 42.1 Å². The lowest BCUT2D eigenvalue weighted by Crippen LogP contribution is -2.36. The van der Waals surface area contributed by atoms with E-state index >= 15 is 0 Å². The number of pyridine rings is 4. The number of nitrogens with zero attached hydrogens (tertiary/aromatic N) is 7. The zero-order valence-electron chi connectivity index (χ0n) is 20.9. The van der Waals surface area contributed by atoms with Crippen molar-refractivity contribution in [3.8, 4) is 11.4 Å². The molecule has 0 bridgehead atoms. The molecule has 0 saturated carbocycles. The van der Waals surface area contributed by atoms with Crippen LogP contribution in [0.15, 0.2) is 55.1 Å². The zero-order valence-corrected chi connectivity index (χ0v) is 20.9. The standard InChI is InChI=1S/C26H25N9O3/c1-27-24-19-13-29-22(31-21-11-16(5-6-28-21)26(36)37-2)12-18(19)20(14-30-24)25-32-23-4-3-17(15-35(23)33-25)34-7-9-38-10-8-34/h3-6,11-15H,7-10H2,1-2H3,(H,27,30)(H,28,29,31). The van der Waals surface area contributed by atoms with Gasteiger partial charge in [0.2, 0.25) is 0 Å². The molecule has 1 aliphatic heterocycles. The molecule has 5 aromatic heterocycles. The lowest BCUT2D eigenvalue weighted by atomic mass is 10.1. The fourth-order valence-corrected chi connectivity index (χ4v) is 4.45. The van der Waals surface area contributed by atoms with Crippen LogP contribution in [0.3, 0.4) is 0 Å². The number of hydrogen-bond acceptors (Lipinski definition) is 11. The van der Waals surface area contributed by atoms with Crippen LogP contribution in [0.25, 0.3) is 27.8 Å². The molecule has 0 amide bonds. The fourth-order valence-electron chi connectivity index (χ4n) is 4.45. The van der Waals surface area contributed by atoms with Crippen molar-refractivity contribution >= 4 is 45.5 Å². The molecule has 0 unspecified atom stereocenters. The Morgan fingerprint density at radius 1 is 1.03 bits per heavy atom. The maximum Gasteiger partial charge on any atom is 0.338 e. The van der Waals surface area contributed by atoms with Gasteiger partial charge in [-0.05, 0) is 30.3 Å². The summed E-state index contributed by atoms with van der Waals surface area (Å²) in [6, 6.07) is 9.12. The minimum atomic E-state index is -0.441. The highest BCUT2D eigenvalue weighted by atomic mass is 16.5. The van der Waals surface area contributed by atoms with Crippen molar-refractivity contribution in [2.24, 2.45) is 0 Å². The smallest absolute Gasteiger partial charge is 0.338 e. The molecule has 1 saturated heterocycles. The van der Waals surface area contributed by atoms with Gasteiger partial charge in [-0.2, -0.15) is 0 Å². The van der Waals surface area contributed by atoms with E-state index in [0.717, 1.165) is 40.8 Å². The maximum atomic E-state index is 11.9. The molecular formula is C26H25N9O3. The Morgan fingerprint density at radius 2 is 1.87 bits per heavy atom. The van der Waals surface area contributed by atoms with Crippen LogP contribution < -0.4 is 15.5 Å². The molecule has 192 valence electrons. The molecule has 6 heterocycles. The Kier molecular flexibility index (Phi) is 6.14. The number of fused-ring (bicyclic) bond motifs is 2. The Bertz CT molecular complexity index is 1650. The summed E-state index contributed by atoms with van der Waals surface area (Å²) in [5.74, 6) is 1.80. The van der Waals surface area contributed by atoms with E-state index in [9.17, 15) is 4.79 Å². The van der Waals surface area contributed by atoms with Crippen LogP contribution in [0.2, 0.25) is 0 Å². The number of esters is 1. The second kappa shape index (κ2) is 9.90. The van der Waals surface area contributed by atoms with Crippen molar-refractivity contribution in [2.75, 3.05) is 56.0 Å². The first-order valence-corrected chi connectivity index (χ1v) is 12.1. The van der Waals surface area contributed by atoms with Gasteiger partial charge in [0.1, 0.15) is 17.5 Å². The first-order valence-electron chi connectivity index (χ1n) is 12.1. The number of carbonyl (C=O) groups excluding carboxylic acids is 1. The normalized spacial score (nSPS) is 13.6. The SMILES string of the molecule is CNc1ncc(-c2nc3ccc(N4CCOCC4)cn3n2)c2cc(Nc3cc(C(=O)OC)ccn3)ncc12. The second-order valence-corrected chi connectivity index (χ2v) is 8.66. The number of aromatic nitrogens is 6. The molecule has 0 aliphatic carbocycles. The van der Waals surface area contributed by atoms with E-state index in [4.69, 9.17) is 19.6 Å². The summed E-state index contributed by atoms with van der Waals surface area (Å²) in [6.45, 7) is 3.10. The highest BCUT2D eigenvalue weighted by Crippen LogP contribution is 2.32. The van der Waals surface area contributed by atoms with Crippen LogP contribution in [0.5, 0.6) is 0 Å². The lowest BCUT2D eigenvalue weighted by molar-refractivity contribution is 0.0600. The Hall–Kier alpha value is -4.84. The third kappa shape index (κ3) is 4.41. The predicted octanol–water partition coefficient (Wildman–Crippen LogP) is 3.14. The maximum absolute atomic E-state index is 11.9. The van der Waals surface area contributed by atoms with E-state index in [-0.39, 0.29) is 0 Å². The summed E-state index contributed by atoms with van der Waals surface area (Å²) in [6.07, 6.45) is 7.02. The lowest BCUT2D eigenvalue weighted by Gasteiger charge is -2.28. The Labute approximate surface area is 217 Å². The van der Waals surface area contributed by atoms with Gasteiger partial charge in [0, 0.05) is 55.1 Å². The van der Waals surface area contributed by atoms with Crippen LogP contribution in [0.1, 0.15) is 10.4 Å². The van der Waals surface area contributed by atoms with Crippen molar-refractivity contribution in [3.05, 3.63) is 60.7 Å². The molecule has 0 radical (unpaired) electrons. The molecular weight excluding hydrogens is 486 g/mol. The number of morpholine rings is 1. The third-order valence-corrected chi connectivity index (χ3v) is 6.38. The molecule has 0 aromatic carbocycles. The van der Waals surface area contributed by atoms with E-state index in [2.05, 4.69) is 36.6 Å². The van der Waals surface area contributed by atoms with E-state index in [1.165, 1.54) is 13.3 Å². The monoisotopic (exact) mass is 511 g/mol. The number of nitrogens with one attached hydrogen (secondary N) is 2. The minimum absolute atomic E-state index is 0.387. The number of anilines is 4. The highest BCUT2D eigenvalue weighted by Gasteiger charge is 2.17. The topological polar surface area (TPSA) is 132 Å². The number of rotatable bonds is 6. The summed E-state index contributed by atoms with van der Waals surface area (Å²) >= 11 is 0. The number of carbonyl (C=O) groups is 1. The first-order chi connectivity index (χ1) is 18.6. The Balaban J connectivity index is 1.39. The van der Waals surface area contributed by atoms with Crippen molar-refractivity contribution in [1.82, 2.24) is 29.5 Å². The number of hydrogen-bond donors (Lipinski definition) is 2. The predicted molar refractivity (Wildman–Crippen MR) is 143 cm³/mol. The molecule has 1 aliphatic rings. The molecule has 6 rings (SSSR count). The van der Waals surface area contributed by atoms with Crippen LogP contribution in [0.4, 0.5) is 23.1 Å². The van der Waals surface area contributed by atoms with Crippen LogP contribution in [-0.2, 0) is 9.47 Å². The molecule has 2 N–H and O–H groups in total. The van der Waals surface area contributed by atoms with Crippen LogP contribution >= 0.6 is 0 Å². The van der Waals surface area contributed by atoms with Gasteiger partial charge in [-0.15, -0.1) is 5.10 Å². The second-order valence-electron chi connectivity index (χ2n) is 8.66. The molecule has 0 atom stereocenters. The average Bonchev–Trinajstić information content (AvgIpc) is 3.40. The molecule has 12 heteroatoms. The third-order valence-electron chi connectivity index (χ3n) is 6.38. The summed E-state index contributed by atoms with van der Waals surface area (Å²) in [4.78, 5) is 32.4. The van der Waals surface area contributed by atoms with Crippen molar-refractivity contribution in [2.45, 2.75) is 0 Å². The van der Waals surface area contributed by atoms with Gasteiger partial charge in [0.15, 0.2) is 11.5 Å². The quantitative estimate of drug-likeness (QED) is 0.326. The zero-order chi connectivity index (χ0) is 26.1. The number of methoxy groups -OCH3 is 1. The van der Waals surface area contributed by atoms with Gasteiger partial charge >= 0.3 is 5.97 Å². The van der Waals surface area contributed by atoms with Crippen molar-refractivity contribution in [1.29, 1.82) is 0 Å². The van der Waals surface area contributed by atoms with Gasteiger partial charge in [0.05, 0.1) is 37.8 Å². The van der Waals surface area contributed by atoms with Crippen LogP contribution in [0, 0.1) is 0 Å². The average molecular weight is 512 g/mol. The Morgan fingerprint density at radius 3 is 2.68 bits per heavy atom. The highest BCUT2D eigenvalue weighted by molar-refractivity contribution is 6.01. The molecule has 12 nitrogen and oxygen atoms in total. The van der Waals surface area contributed by atoms with Crippen molar-refractivity contribution in [3.63, 3.8) is 0 Å². The first kappa shape index (κ1) is 23.6. The molecule has 1 fully saturated rings. The van der Waals surface area contributed by atoms with Crippen LogP contribution in [-0.4, -0.2) is 76.0 Å². The van der Waals surface area contributed by atoms with Gasteiger partial charge in [-0.1, -0.05) is 0 Å². The summed E-state index contributed by atoms with van der Waals surface area (Å²) in [7, 11) is 3.15. The van der Waals surface area contributed by atoms with E-state index in [1.807, 2.05) is 25.4 Å². The minimum Gasteiger partial charge on any atom is -0.465 e. The molecule has 38 heavy (non-hydrogen) atoms.